The normalized spacial score (nSPS) is 17.8. The molecule has 1 aliphatic rings. The average Bonchev–Trinajstić information content (AvgIpc) is 2.80. The second-order valence-corrected chi connectivity index (χ2v) is 4.23. The molecule has 1 N–H and O–H groups in total. The molecule has 0 atom stereocenters. The predicted molar refractivity (Wildman–Crippen MR) is 64.2 cm³/mol. The maximum absolute atomic E-state index is 4.28. The average molecular weight is 216 g/mol. The highest BCUT2D eigenvalue weighted by atomic mass is 15.5. The van der Waals surface area contributed by atoms with Crippen molar-refractivity contribution in [2.24, 2.45) is 0 Å². The zero-order valence-corrected chi connectivity index (χ0v) is 9.26. The summed E-state index contributed by atoms with van der Waals surface area (Å²) in [5, 5.41) is 2.29. The van der Waals surface area contributed by atoms with Gasteiger partial charge in [-0.1, -0.05) is 12.5 Å². The van der Waals surface area contributed by atoms with Gasteiger partial charge in [0, 0.05) is 25.5 Å². The van der Waals surface area contributed by atoms with E-state index in [1.54, 1.807) is 0 Å². The van der Waals surface area contributed by atoms with E-state index in [9.17, 15) is 0 Å². The standard InChI is InChI=1S/C12H16N4/c1-2-8-15(9-3-1)14-12-6-4-5-11-13-7-10-16(11)12/h4-7,10,14H,1-3,8-9H2. The Morgan fingerprint density at radius 1 is 1.12 bits per heavy atom. The predicted octanol–water partition coefficient (Wildman–Crippen LogP) is 2.15. The fraction of sp³-hybridized carbons (Fsp3) is 0.417. The zero-order valence-electron chi connectivity index (χ0n) is 9.26. The number of fused-ring (bicyclic) bond motifs is 1. The highest BCUT2D eigenvalue weighted by Gasteiger charge is 2.10. The van der Waals surface area contributed by atoms with Crippen molar-refractivity contribution < 1.29 is 0 Å². The lowest BCUT2D eigenvalue weighted by molar-refractivity contribution is 0.272. The van der Waals surface area contributed by atoms with Crippen LogP contribution in [0.15, 0.2) is 30.6 Å². The highest BCUT2D eigenvalue weighted by Crippen LogP contribution is 2.14. The molecule has 0 saturated carbocycles. The molecule has 84 valence electrons. The van der Waals surface area contributed by atoms with Crippen LogP contribution in [0.2, 0.25) is 0 Å². The van der Waals surface area contributed by atoms with Gasteiger partial charge in [0.05, 0.1) is 0 Å². The Morgan fingerprint density at radius 3 is 2.88 bits per heavy atom. The number of hydrogen-bond acceptors (Lipinski definition) is 3. The Morgan fingerprint density at radius 2 is 2.00 bits per heavy atom. The Balaban J connectivity index is 1.85. The first-order valence-corrected chi connectivity index (χ1v) is 5.87. The van der Waals surface area contributed by atoms with E-state index < -0.39 is 0 Å². The van der Waals surface area contributed by atoms with Crippen molar-refractivity contribution in [2.75, 3.05) is 18.5 Å². The van der Waals surface area contributed by atoms with Gasteiger partial charge < -0.3 is 5.43 Å². The van der Waals surface area contributed by atoms with Crippen molar-refractivity contribution in [3.8, 4) is 0 Å². The molecule has 0 spiro atoms. The largest absolute Gasteiger partial charge is 0.304 e. The maximum Gasteiger partial charge on any atom is 0.138 e. The summed E-state index contributed by atoms with van der Waals surface area (Å²) >= 11 is 0. The molecular weight excluding hydrogens is 200 g/mol. The van der Waals surface area contributed by atoms with Crippen molar-refractivity contribution >= 4 is 11.5 Å². The molecule has 1 aliphatic heterocycles. The van der Waals surface area contributed by atoms with E-state index in [2.05, 4.69) is 25.9 Å². The molecule has 2 aromatic rings. The van der Waals surface area contributed by atoms with Crippen LogP contribution in [0.4, 0.5) is 5.82 Å². The Bertz CT molecular complexity index is 471. The molecule has 3 rings (SSSR count). The molecule has 0 aliphatic carbocycles. The number of imidazole rings is 1. The summed E-state index contributed by atoms with van der Waals surface area (Å²) in [6.45, 7) is 2.26. The van der Waals surface area contributed by atoms with Gasteiger partial charge in [0.15, 0.2) is 0 Å². The molecule has 4 heteroatoms. The van der Waals surface area contributed by atoms with E-state index in [-0.39, 0.29) is 0 Å². The first kappa shape index (κ1) is 9.66. The van der Waals surface area contributed by atoms with E-state index in [1.807, 2.05) is 24.5 Å². The van der Waals surface area contributed by atoms with Crippen LogP contribution >= 0.6 is 0 Å². The molecule has 16 heavy (non-hydrogen) atoms. The molecule has 0 unspecified atom stereocenters. The third-order valence-corrected chi connectivity index (χ3v) is 3.06. The summed E-state index contributed by atoms with van der Waals surface area (Å²) in [6, 6.07) is 6.14. The number of rotatable bonds is 2. The topological polar surface area (TPSA) is 32.6 Å². The maximum atomic E-state index is 4.28. The summed E-state index contributed by atoms with van der Waals surface area (Å²) in [4.78, 5) is 4.28. The SMILES string of the molecule is c1cc(NN2CCCCC2)n2ccnc2c1. The lowest BCUT2D eigenvalue weighted by atomic mass is 10.2. The van der Waals surface area contributed by atoms with E-state index >= 15 is 0 Å². The molecule has 4 nitrogen and oxygen atoms in total. The smallest absolute Gasteiger partial charge is 0.138 e. The van der Waals surface area contributed by atoms with E-state index in [4.69, 9.17) is 0 Å². The molecule has 1 saturated heterocycles. The Kier molecular flexibility index (Phi) is 2.50. The fourth-order valence-electron chi connectivity index (χ4n) is 2.21. The molecule has 2 aromatic heterocycles. The van der Waals surface area contributed by atoms with Crippen molar-refractivity contribution in [2.45, 2.75) is 19.3 Å². The quantitative estimate of drug-likeness (QED) is 0.835. The summed E-state index contributed by atoms with van der Waals surface area (Å²) in [7, 11) is 0. The molecule has 0 bridgehead atoms. The van der Waals surface area contributed by atoms with Gasteiger partial charge in [0.25, 0.3) is 0 Å². The second kappa shape index (κ2) is 4.14. The summed E-state index contributed by atoms with van der Waals surface area (Å²) in [5.74, 6) is 1.09. The molecular formula is C12H16N4. The van der Waals surface area contributed by atoms with Crippen LogP contribution in [-0.2, 0) is 0 Å². The highest BCUT2D eigenvalue weighted by molar-refractivity contribution is 5.49. The van der Waals surface area contributed by atoms with Crippen LogP contribution in [0.1, 0.15) is 19.3 Å². The molecule has 0 aromatic carbocycles. The second-order valence-electron chi connectivity index (χ2n) is 4.23. The summed E-state index contributed by atoms with van der Waals surface area (Å²) in [5.41, 5.74) is 4.45. The van der Waals surface area contributed by atoms with Crippen LogP contribution in [0.25, 0.3) is 5.65 Å². The van der Waals surface area contributed by atoms with Gasteiger partial charge in [-0.05, 0) is 25.0 Å². The number of hydrazine groups is 1. The lowest BCUT2D eigenvalue weighted by Gasteiger charge is -2.28. The van der Waals surface area contributed by atoms with E-state index in [0.717, 1.165) is 24.6 Å². The van der Waals surface area contributed by atoms with Crippen molar-refractivity contribution in [1.29, 1.82) is 0 Å². The van der Waals surface area contributed by atoms with E-state index in [1.165, 1.54) is 19.3 Å². The molecule has 0 radical (unpaired) electrons. The number of aromatic nitrogens is 2. The third kappa shape index (κ3) is 1.76. The number of hydrogen-bond donors (Lipinski definition) is 1. The third-order valence-electron chi connectivity index (χ3n) is 3.06. The van der Waals surface area contributed by atoms with Crippen LogP contribution < -0.4 is 5.43 Å². The zero-order chi connectivity index (χ0) is 10.8. The number of piperidine rings is 1. The minimum Gasteiger partial charge on any atom is -0.304 e. The summed E-state index contributed by atoms with van der Waals surface area (Å²) < 4.78 is 2.08. The molecule has 3 heterocycles. The van der Waals surface area contributed by atoms with Gasteiger partial charge in [-0.3, -0.25) is 4.40 Å². The Labute approximate surface area is 94.9 Å². The van der Waals surface area contributed by atoms with Gasteiger partial charge in [-0.2, -0.15) is 0 Å². The number of anilines is 1. The first-order valence-electron chi connectivity index (χ1n) is 5.87. The van der Waals surface area contributed by atoms with Gasteiger partial charge in [0.1, 0.15) is 11.5 Å². The van der Waals surface area contributed by atoms with Gasteiger partial charge in [-0.25, -0.2) is 9.99 Å². The molecule has 0 amide bonds. The minimum atomic E-state index is 0.988. The number of nitrogens with zero attached hydrogens (tertiary/aromatic N) is 3. The number of nitrogens with one attached hydrogen (secondary N) is 1. The van der Waals surface area contributed by atoms with Crippen LogP contribution in [-0.4, -0.2) is 27.5 Å². The lowest BCUT2D eigenvalue weighted by Crippen LogP contribution is -2.35. The fourth-order valence-corrected chi connectivity index (χ4v) is 2.21. The van der Waals surface area contributed by atoms with E-state index in [0.29, 0.717) is 0 Å². The van der Waals surface area contributed by atoms with Crippen LogP contribution in [0, 0.1) is 0 Å². The number of pyridine rings is 1. The Hall–Kier alpha value is -1.55. The van der Waals surface area contributed by atoms with Crippen LogP contribution in [0.3, 0.4) is 0 Å². The van der Waals surface area contributed by atoms with Gasteiger partial charge in [-0.15, -0.1) is 0 Å². The first-order chi connectivity index (χ1) is 7.93. The van der Waals surface area contributed by atoms with Crippen LogP contribution in [0.5, 0.6) is 0 Å². The van der Waals surface area contributed by atoms with Gasteiger partial charge in [0.2, 0.25) is 0 Å². The minimum absolute atomic E-state index is 0.988. The van der Waals surface area contributed by atoms with Gasteiger partial charge >= 0.3 is 0 Å². The summed E-state index contributed by atoms with van der Waals surface area (Å²) in [6.07, 6.45) is 7.74. The van der Waals surface area contributed by atoms with Crippen molar-refractivity contribution in [3.05, 3.63) is 30.6 Å². The van der Waals surface area contributed by atoms with Crippen molar-refractivity contribution in [1.82, 2.24) is 14.4 Å². The van der Waals surface area contributed by atoms with Crippen molar-refractivity contribution in [3.63, 3.8) is 0 Å². The monoisotopic (exact) mass is 216 g/mol. The molecule has 1 fully saturated rings.